The molecule has 15 heavy (non-hydrogen) atoms. The SMILES string of the molecule is CCCC[C@@H](F)C(=O)CP(=O)(OC)OC. The first-order valence-electron chi connectivity index (χ1n) is 4.86. The van der Waals surface area contributed by atoms with E-state index in [4.69, 9.17) is 0 Å². The van der Waals surface area contributed by atoms with Crippen molar-refractivity contribution in [1.29, 1.82) is 0 Å². The zero-order chi connectivity index (χ0) is 11.9. The topological polar surface area (TPSA) is 52.6 Å². The van der Waals surface area contributed by atoms with E-state index in [1.54, 1.807) is 0 Å². The van der Waals surface area contributed by atoms with Gasteiger partial charge >= 0.3 is 7.60 Å². The van der Waals surface area contributed by atoms with Crippen molar-refractivity contribution in [3.05, 3.63) is 0 Å². The lowest BCUT2D eigenvalue weighted by molar-refractivity contribution is -0.121. The van der Waals surface area contributed by atoms with Crippen molar-refractivity contribution in [3.8, 4) is 0 Å². The maximum atomic E-state index is 13.2. The third-order valence-corrected chi connectivity index (χ3v) is 3.88. The number of halogens is 1. The normalized spacial score (nSPS) is 13.9. The number of hydrogen-bond acceptors (Lipinski definition) is 4. The van der Waals surface area contributed by atoms with Gasteiger partial charge < -0.3 is 9.05 Å². The van der Waals surface area contributed by atoms with Gasteiger partial charge in [0.25, 0.3) is 0 Å². The quantitative estimate of drug-likeness (QED) is 0.612. The average Bonchev–Trinajstić information content (AvgIpc) is 2.25. The molecule has 1 atom stereocenters. The van der Waals surface area contributed by atoms with Crippen LogP contribution < -0.4 is 0 Å². The third-order valence-electron chi connectivity index (χ3n) is 2.07. The van der Waals surface area contributed by atoms with E-state index >= 15 is 0 Å². The van der Waals surface area contributed by atoms with Crippen LogP contribution in [-0.4, -0.2) is 32.3 Å². The van der Waals surface area contributed by atoms with Crippen LogP contribution >= 0.6 is 7.60 Å². The summed E-state index contributed by atoms with van der Waals surface area (Å²) in [7, 11) is -1.06. The molecule has 0 aromatic rings. The van der Waals surface area contributed by atoms with E-state index in [0.29, 0.717) is 6.42 Å². The van der Waals surface area contributed by atoms with Gasteiger partial charge in [0.2, 0.25) is 0 Å². The second kappa shape index (κ2) is 7.09. The third kappa shape index (κ3) is 5.40. The van der Waals surface area contributed by atoms with Gasteiger partial charge in [-0.05, 0) is 6.42 Å². The Morgan fingerprint density at radius 3 is 2.33 bits per heavy atom. The molecule has 0 heterocycles. The van der Waals surface area contributed by atoms with Crippen molar-refractivity contribution < 1.29 is 22.8 Å². The van der Waals surface area contributed by atoms with Gasteiger partial charge in [-0.25, -0.2) is 4.39 Å². The molecule has 0 aliphatic heterocycles. The fourth-order valence-electron chi connectivity index (χ4n) is 1.04. The van der Waals surface area contributed by atoms with Gasteiger partial charge in [-0.1, -0.05) is 19.8 Å². The Bertz CT molecular complexity index is 236. The number of hydrogen-bond donors (Lipinski definition) is 0. The summed E-state index contributed by atoms with van der Waals surface area (Å²) in [6.45, 7) is 1.91. The Morgan fingerprint density at radius 1 is 1.40 bits per heavy atom. The van der Waals surface area contributed by atoms with Crippen LogP contribution in [0.4, 0.5) is 4.39 Å². The second-order valence-electron chi connectivity index (χ2n) is 3.21. The summed E-state index contributed by atoms with van der Waals surface area (Å²) < 4.78 is 33.8. The largest absolute Gasteiger partial charge is 0.337 e. The molecule has 6 heteroatoms. The van der Waals surface area contributed by atoms with Crippen LogP contribution in [0.15, 0.2) is 0 Å². The number of ketones is 1. The highest BCUT2D eigenvalue weighted by molar-refractivity contribution is 7.54. The van der Waals surface area contributed by atoms with E-state index in [0.717, 1.165) is 6.42 Å². The van der Waals surface area contributed by atoms with Gasteiger partial charge in [0.1, 0.15) is 6.16 Å². The van der Waals surface area contributed by atoms with Crippen LogP contribution in [0.5, 0.6) is 0 Å². The first-order valence-corrected chi connectivity index (χ1v) is 6.59. The predicted molar refractivity (Wildman–Crippen MR) is 55.9 cm³/mol. The number of unbranched alkanes of at least 4 members (excludes halogenated alkanes) is 1. The van der Waals surface area contributed by atoms with Crippen LogP contribution in [0.1, 0.15) is 26.2 Å². The smallest absolute Gasteiger partial charge is 0.312 e. The molecule has 0 saturated heterocycles. The van der Waals surface area contributed by atoms with Gasteiger partial charge in [0.05, 0.1) is 0 Å². The lowest BCUT2D eigenvalue weighted by Crippen LogP contribution is -2.20. The summed E-state index contributed by atoms with van der Waals surface area (Å²) in [5.41, 5.74) is 0. The van der Waals surface area contributed by atoms with Crippen LogP contribution in [0.25, 0.3) is 0 Å². The minimum absolute atomic E-state index is 0.169. The molecule has 0 aliphatic rings. The van der Waals surface area contributed by atoms with Gasteiger partial charge in [0, 0.05) is 14.2 Å². The standard InChI is InChI=1S/C9H18FO4P/c1-4-5-6-8(10)9(11)7-15(12,13-2)14-3/h8H,4-7H2,1-3H3/t8-/m1/s1. The first kappa shape index (κ1) is 14.8. The Morgan fingerprint density at radius 2 is 1.93 bits per heavy atom. The van der Waals surface area contributed by atoms with Gasteiger partial charge in [-0.2, -0.15) is 0 Å². The van der Waals surface area contributed by atoms with Crippen molar-refractivity contribution >= 4 is 13.4 Å². The minimum atomic E-state index is -3.41. The lowest BCUT2D eigenvalue weighted by Gasteiger charge is -2.13. The molecule has 0 aromatic carbocycles. The number of carbonyl (C=O) groups excluding carboxylic acids is 1. The molecule has 0 aliphatic carbocycles. The maximum Gasteiger partial charge on any atom is 0.337 e. The van der Waals surface area contributed by atoms with Crippen LogP contribution in [0.2, 0.25) is 0 Å². The van der Waals surface area contributed by atoms with Crippen molar-refractivity contribution in [2.75, 3.05) is 20.4 Å². The molecular formula is C9H18FO4P. The minimum Gasteiger partial charge on any atom is -0.312 e. The zero-order valence-electron chi connectivity index (χ0n) is 9.36. The molecule has 0 unspecified atom stereocenters. The Hall–Kier alpha value is -0.250. The highest BCUT2D eigenvalue weighted by Crippen LogP contribution is 2.46. The van der Waals surface area contributed by atoms with E-state index in [2.05, 4.69) is 9.05 Å². The monoisotopic (exact) mass is 240 g/mol. The average molecular weight is 240 g/mol. The molecule has 0 saturated carbocycles. The number of Topliss-reactive ketones (excluding diaryl/α,β-unsaturated/α-hetero) is 1. The molecule has 4 nitrogen and oxygen atoms in total. The zero-order valence-corrected chi connectivity index (χ0v) is 10.3. The summed E-state index contributed by atoms with van der Waals surface area (Å²) in [5, 5.41) is 0. The fraction of sp³-hybridized carbons (Fsp3) is 0.889. The molecule has 0 rings (SSSR count). The van der Waals surface area contributed by atoms with Gasteiger partial charge in [0.15, 0.2) is 12.0 Å². The highest BCUT2D eigenvalue weighted by atomic mass is 31.2. The van der Waals surface area contributed by atoms with E-state index < -0.39 is 25.7 Å². The number of alkyl halides is 1. The molecule has 0 fully saturated rings. The molecule has 0 aromatic heterocycles. The summed E-state index contributed by atoms with van der Waals surface area (Å²) >= 11 is 0. The van der Waals surface area contributed by atoms with Crippen molar-refractivity contribution in [3.63, 3.8) is 0 Å². The summed E-state index contributed by atoms with van der Waals surface area (Å²) in [6.07, 6.45) is -0.436. The molecule has 0 amide bonds. The second-order valence-corrected chi connectivity index (χ2v) is 5.48. The fourth-order valence-corrected chi connectivity index (χ4v) is 2.02. The van der Waals surface area contributed by atoms with Crippen LogP contribution in [0.3, 0.4) is 0 Å². The van der Waals surface area contributed by atoms with Crippen molar-refractivity contribution in [1.82, 2.24) is 0 Å². The summed E-state index contributed by atoms with van der Waals surface area (Å²) in [5.74, 6) is -0.713. The molecule has 0 spiro atoms. The van der Waals surface area contributed by atoms with Crippen molar-refractivity contribution in [2.45, 2.75) is 32.4 Å². The molecule has 0 N–H and O–H groups in total. The number of carbonyl (C=O) groups is 1. The lowest BCUT2D eigenvalue weighted by atomic mass is 10.1. The Balaban J connectivity index is 4.17. The maximum absolute atomic E-state index is 13.2. The first-order chi connectivity index (χ1) is 6.99. The van der Waals surface area contributed by atoms with E-state index in [-0.39, 0.29) is 6.42 Å². The molecule has 0 radical (unpaired) electrons. The van der Waals surface area contributed by atoms with E-state index in [9.17, 15) is 13.8 Å². The molecule has 90 valence electrons. The molecule has 0 bridgehead atoms. The van der Waals surface area contributed by atoms with Gasteiger partial charge in [-0.15, -0.1) is 0 Å². The number of rotatable bonds is 8. The molecular weight excluding hydrogens is 222 g/mol. The summed E-state index contributed by atoms with van der Waals surface area (Å²) in [4.78, 5) is 11.3. The van der Waals surface area contributed by atoms with E-state index in [1.807, 2.05) is 6.92 Å². The Kier molecular flexibility index (Phi) is 6.98. The summed E-state index contributed by atoms with van der Waals surface area (Å²) in [6, 6.07) is 0. The predicted octanol–water partition coefficient (Wildman–Crippen LogP) is 2.57. The van der Waals surface area contributed by atoms with Crippen LogP contribution in [0, 0.1) is 0 Å². The van der Waals surface area contributed by atoms with Crippen molar-refractivity contribution in [2.24, 2.45) is 0 Å². The van der Waals surface area contributed by atoms with Gasteiger partial charge in [-0.3, -0.25) is 9.36 Å². The Labute approximate surface area is 89.7 Å². The highest BCUT2D eigenvalue weighted by Gasteiger charge is 2.29. The van der Waals surface area contributed by atoms with E-state index in [1.165, 1.54) is 14.2 Å². The van der Waals surface area contributed by atoms with Crippen LogP contribution in [-0.2, 0) is 18.4 Å².